The molecule has 1 rings (SSSR count). The number of hydrogen-bond donors (Lipinski definition) is 1. The Morgan fingerprint density at radius 2 is 1.29 bits per heavy atom. The third-order valence-electron chi connectivity index (χ3n) is 2.79. The van der Waals surface area contributed by atoms with Crippen LogP contribution in [0.15, 0.2) is 17.0 Å². The first-order valence-corrected chi connectivity index (χ1v) is 7.38. The summed E-state index contributed by atoms with van der Waals surface area (Å²) < 4.78 is 0. The molecule has 0 atom stereocenters. The fourth-order valence-corrected chi connectivity index (χ4v) is 2.39. The van der Waals surface area contributed by atoms with E-state index in [4.69, 9.17) is 10.7 Å². The van der Waals surface area contributed by atoms with Crippen molar-refractivity contribution in [2.24, 2.45) is 0 Å². The second-order valence-corrected chi connectivity index (χ2v) is 7.53. The summed E-state index contributed by atoms with van der Waals surface area (Å²) in [6, 6.07) is 3.95. The number of phenolic OH excluding ortho intramolecular Hbond substituents is 1. The molecule has 0 fully saturated rings. The Bertz CT molecular complexity index is 378. The molecule has 96 valence electrons. The van der Waals surface area contributed by atoms with Crippen LogP contribution in [0.1, 0.15) is 52.7 Å². The van der Waals surface area contributed by atoms with Crippen molar-refractivity contribution in [2.75, 3.05) is 0 Å². The van der Waals surface area contributed by atoms with Gasteiger partial charge in [-0.15, -0.1) is 0 Å². The van der Waals surface area contributed by atoms with Gasteiger partial charge in [-0.2, -0.15) is 0 Å². The second-order valence-electron chi connectivity index (χ2n) is 6.44. The van der Waals surface area contributed by atoms with Crippen molar-refractivity contribution in [3.05, 3.63) is 23.3 Å². The monoisotopic (exact) mass is 272 g/mol. The van der Waals surface area contributed by atoms with Gasteiger partial charge in [0.25, 0.3) is 0 Å². The van der Waals surface area contributed by atoms with E-state index in [1.165, 1.54) is 11.0 Å². The Balaban J connectivity index is 3.53. The van der Waals surface area contributed by atoms with Crippen LogP contribution in [0.5, 0.6) is 5.75 Å². The van der Waals surface area contributed by atoms with Crippen LogP contribution in [-0.4, -0.2) is 5.11 Å². The smallest absolute Gasteiger partial charge is 0.123 e. The second kappa shape index (κ2) is 4.74. The van der Waals surface area contributed by atoms with Gasteiger partial charge in [-0.3, -0.25) is 0 Å². The third kappa shape index (κ3) is 3.32. The summed E-state index contributed by atoms with van der Waals surface area (Å²) in [5, 5.41) is 10.4. The van der Waals surface area contributed by atoms with Gasteiger partial charge in [0.05, 0.1) is 0 Å². The zero-order valence-corrected chi connectivity index (χ0v) is 13.0. The quantitative estimate of drug-likeness (QED) is 0.755. The van der Waals surface area contributed by atoms with Crippen molar-refractivity contribution >= 4 is 21.7 Å². The molecular formula is C14H21ClOS. The Morgan fingerprint density at radius 3 is 1.53 bits per heavy atom. The first-order valence-electron chi connectivity index (χ1n) is 5.74. The van der Waals surface area contributed by atoms with Gasteiger partial charge in [0.2, 0.25) is 0 Å². The van der Waals surface area contributed by atoms with Crippen LogP contribution in [-0.2, 0) is 10.8 Å². The Morgan fingerprint density at radius 1 is 0.941 bits per heavy atom. The Hall–Kier alpha value is -0.340. The van der Waals surface area contributed by atoms with Crippen LogP contribution in [0.2, 0.25) is 0 Å². The molecule has 17 heavy (non-hydrogen) atoms. The maximum absolute atomic E-state index is 10.4. The van der Waals surface area contributed by atoms with Gasteiger partial charge in [0.15, 0.2) is 0 Å². The average Bonchev–Trinajstić information content (AvgIpc) is 2.14. The lowest BCUT2D eigenvalue weighted by Crippen LogP contribution is -2.17. The van der Waals surface area contributed by atoms with E-state index in [9.17, 15) is 5.11 Å². The average molecular weight is 273 g/mol. The van der Waals surface area contributed by atoms with Crippen molar-refractivity contribution in [1.82, 2.24) is 0 Å². The molecule has 1 aromatic rings. The van der Waals surface area contributed by atoms with Gasteiger partial charge in [-0.05, 0) is 44.6 Å². The molecule has 0 aliphatic carbocycles. The molecule has 0 unspecified atom stereocenters. The van der Waals surface area contributed by atoms with Crippen molar-refractivity contribution in [3.63, 3.8) is 0 Å². The van der Waals surface area contributed by atoms with Crippen molar-refractivity contribution in [1.29, 1.82) is 0 Å². The predicted octanol–water partition coefficient (Wildman–Crippen LogP) is 5.23. The van der Waals surface area contributed by atoms with Crippen LogP contribution in [0, 0.1) is 0 Å². The van der Waals surface area contributed by atoms with E-state index in [-0.39, 0.29) is 10.8 Å². The van der Waals surface area contributed by atoms with Crippen molar-refractivity contribution in [2.45, 2.75) is 57.3 Å². The van der Waals surface area contributed by atoms with Crippen LogP contribution < -0.4 is 0 Å². The van der Waals surface area contributed by atoms with E-state index >= 15 is 0 Å². The standard InChI is InChI=1S/C14H21ClOS/c1-13(2,3)10-7-9(17-15)8-11(12(10)16)14(4,5)6/h7-8,16H,1-6H3. The minimum Gasteiger partial charge on any atom is -0.507 e. The summed E-state index contributed by atoms with van der Waals surface area (Å²) in [5.74, 6) is 0.402. The lowest BCUT2D eigenvalue weighted by atomic mass is 9.79. The summed E-state index contributed by atoms with van der Waals surface area (Å²) in [5.41, 5.74) is 1.72. The predicted molar refractivity (Wildman–Crippen MR) is 77.2 cm³/mol. The Kier molecular flexibility index (Phi) is 4.10. The normalized spacial score (nSPS) is 12.9. The minimum atomic E-state index is -0.0906. The molecule has 1 nitrogen and oxygen atoms in total. The molecular weight excluding hydrogens is 252 g/mol. The molecule has 3 heteroatoms. The summed E-state index contributed by atoms with van der Waals surface area (Å²) in [4.78, 5) is 0.985. The molecule has 0 heterocycles. The molecule has 0 bridgehead atoms. The van der Waals surface area contributed by atoms with Crippen LogP contribution in [0.3, 0.4) is 0 Å². The number of hydrogen-bond acceptors (Lipinski definition) is 2. The number of benzene rings is 1. The molecule has 1 N–H and O–H groups in total. The van der Waals surface area contributed by atoms with E-state index in [1.807, 2.05) is 12.1 Å². The molecule has 0 spiro atoms. The molecule has 0 amide bonds. The zero-order valence-electron chi connectivity index (χ0n) is 11.4. The topological polar surface area (TPSA) is 20.2 Å². The highest BCUT2D eigenvalue weighted by Crippen LogP contribution is 2.42. The van der Waals surface area contributed by atoms with E-state index in [0.717, 1.165) is 16.0 Å². The SMILES string of the molecule is CC(C)(C)c1cc(SCl)cc(C(C)(C)C)c1O. The van der Waals surface area contributed by atoms with Gasteiger partial charge < -0.3 is 5.11 Å². The maximum Gasteiger partial charge on any atom is 0.123 e. The summed E-state index contributed by atoms with van der Waals surface area (Å²) >= 11 is 0. The molecule has 0 aliphatic rings. The van der Waals surface area contributed by atoms with E-state index < -0.39 is 0 Å². The lowest BCUT2D eigenvalue weighted by Gasteiger charge is -2.27. The summed E-state index contributed by atoms with van der Waals surface area (Å²) in [6.07, 6.45) is 0. The highest BCUT2D eigenvalue weighted by Gasteiger charge is 2.26. The molecule has 0 aromatic heterocycles. The number of halogens is 1. The van der Waals surface area contributed by atoms with Crippen LogP contribution >= 0.6 is 21.7 Å². The molecule has 0 aliphatic heterocycles. The maximum atomic E-state index is 10.4. The first kappa shape index (κ1) is 14.7. The molecule has 0 radical (unpaired) electrons. The van der Waals surface area contributed by atoms with Crippen molar-refractivity contribution < 1.29 is 5.11 Å². The fraction of sp³-hybridized carbons (Fsp3) is 0.571. The van der Waals surface area contributed by atoms with Gasteiger partial charge in [-0.1, -0.05) is 41.5 Å². The largest absolute Gasteiger partial charge is 0.507 e. The highest BCUT2D eigenvalue weighted by molar-refractivity contribution is 8.21. The number of rotatable bonds is 1. The van der Waals surface area contributed by atoms with E-state index in [1.54, 1.807) is 0 Å². The van der Waals surface area contributed by atoms with Gasteiger partial charge in [-0.25, -0.2) is 0 Å². The molecule has 0 saturated carbocycles. The number of phenols is 1. The zero-order chi connectivity index (χ0) is 13.4. The van der Waals surface area contributed by atoms with Gasteiger partial charge >= 0.3 is 0 Å². The lowest BCUT2D eigenvalue weighted by molar-refractivity contribution is 0.422. The first-order chi connectivity index (χ1) is 7.57. The molecule has 1 aromatic carbocycles. The van der Waals surface area contributed by atoms with Crippen LogP contribution in [0.25, 0.3) is 0 Å². The van der Waals surface area contributed by atoms with Crippen LogP contribution in [0.4, 0.5) is 0 Å². The Labute approximate surface area is 113 Å². The van der Waals surface area contributed by atoms with Gasteiger partial charge in [0.1, 0.15) is 5.75 Å². The number of aromatic hydroxyl groups is 1. The van der Waals surface area contributed by atoms with Gasteiger partial charge in [0, 0.05) is 16.0 Å². The third-order valence-corrected chi connectivity index (χ3v) is 3.74. The van der Waals surface area contributed by atoms with E-state index in [0.29, 0.717) is 5.75 Å². The van der Waals surface area contributed by atoms with E-state index in [2.05, 4.69) is 41.5 Å². The summed E-state index contributed by atoms with van der Waals surface area (Å²) in [6.45, 7) is 12.6. The molecule has 0 saturated heterocycles. The fourth-order valence-electron chi connectivity index (χ4n) is 1.80. The summed E-state index contributed by atoms with van der Waals surface area (Å²) in [7, 11) is 7.06. The highest BCUT2D eigenvalue weighted by atomic mass is 35.7. The van der Waals surface area contributed by atoms with Crippen molar-refractivity contribution in [3.8, 4) is 5.75 Å². The minimum absolute atomic E-state index is 0.0906.